The predicted molar refractivity (Wildman–Crippen MR) is 61.2 cm³/mol. The van der Waals surface area contributed by atoms with Crippen molar-refractivity contribution in [2.24, 2.45) is 5.92 Å². The van der Waals surface area contributed by atoms with E-state index >= 15 is 0 Å². The van der Waals surface area contributed by atoms with Gasteiger partial charge in [-0.3, -0.25) is 14.3 Å². The third kappa shape index (κ3) is 3.48. The zero-order chi connectivity index (χ0) is 15.4. The lowest BCUT2D eigenvalue weighted by Crippen LogP contribution is -2.46. The highest BCUT2D eigenvalue weighted by Gasteiger charge is 2.37. The number of hydrogen-bond acceptors (Lipinski definition) is 6. The molecule has 0 spiro atoms. The lowest BCUT2D eigenvalue weighted by Gasteiger charge is -2.28. The van der Waals surface area contributed by atoms with Gasteiger partial charge >= 0.3 is 5.69 Å². The smallest absolute Gasteiger partial charge is 0.330 e. The van der Waals surface area contributed by atoms with Crippen LogP contribution in [0, 0.1) is 5.92 Å². The second-order valence-electron chi connectivity index (χ2n) is 4.09. The second-order valence-corrected chi connectivity index (χ2v) is 4.09. The first-order chi connectivity index (χ1) is 9.29. The van der Waals surface area contributed by atoms with E-state index in [1.807, 2.05) is 0 Å². The Balaban J connectivity index is 2.98. The zero-order valence-electron chi connectivity index (χ0n) is 10.1. The molecule has 0 radical (unpaired) electrons. The summed E-state index contributed by atoms with van der Waals surface area (Å²) < 4.78 is 25.4. The molecule has 1 heterocycles. The van der Waals surface area contributed by atoms with E-state index in [0.29, 0.717) is 4.57 Å². The molecule has 5 N–H and O–H groups in total. The van der Waals surface area contributed by atoms with Crippen molar-refractivity contribution in [3.8, 4) is 0 Å². The van der Waals surface area contributed by atoms with Gasteiger partial charge in [-0.1, -0.05) is 0 Å². The van der Waals surface area contributed by atoms with Gasteiger partial charge in [0.1, 0.15) is 6.10 Å². The van der Waals surface area contributed by atoms with Crippen LogP contribution in [0.25, 0.3) is 0 Å². The Kier molecular flexibility index (Phi) is 5.51. The van der Waals surface area contributed by atoms with E-state index in [9.17, 15) is 33.7 Å². The van der Waals surface area contributed by atoms with Crippen molar-refractivity contribution in [3.63, 3.8) is 0 Å². The molecule has 8 nitrogen and oxygen atoms in total. The van der Waals surface area contributed by atoms with Crippen LogP contribution in [0.4, 0.5) is 8.78 Å². The third-order valence-electron chi connectivity index (χ3n) is 2.76. The fourth-order valence-electron chi connectivity index (χ4n) is 1.57. The molecular weight excluding hydrogens is 282 g/mol. The maximum atomic E-state index is 12.5. The lowest BCUT2D eigenvalue weighted by molar-refractivity contribution is -0.139. The molecule has 0 aromatic carbocycles. The number of halogens is 2. The average Bonchev–Trinajstić information content (AvgIpc) is 2.37. The number of rotatable bonds is 6. The first-order valence-electron chi connectivity index (χ1n) is 5.54. The number of aliphatic hydroxyl groups is 4. The summed E-state index contributed by atoms with van der Waals surface area (Å²) in [6.45, 7) is -1.12. The summed E-state index contributed by atoms with van der Waals surface area (Å²) in [5, 5.41) is 37.4. The minimum absolute atomic E-state index is 0.454. The Bertz CT molecular complexity index is 545. The van der Waals surface area contributed by atoms with E-state index in [4.69, 9.17) is 5.11 Å². The molecule has 0 saturated heterocycles. The Morgan fingerprint density at radius 2 is 1.80 bits per heavy atom. The molecule has 4 atom stereocenters. The number of hydrogen-bond donors (Lipinski definition) is 5. The summed E-state index contributed by atoms with van der Waals surface area (Å²) >= 11 is 0. The van der Waals surface area contributed by atoms with E-state index in [2.05, 4.69) is 0 Å². The number of aromatic nitrogens is 2. The van der Waals surface area contributed by atoms with Crippen molar-refractivity contribution in [2.45, 2.75) is 24.9 Å². The highest BCUT2D eigenvalue weighted by Crippen LogP contribution is 2.20. The van der Waals surface area contributed by atoms with Gasteiger partial charge in [0.2, 0.25) is 6.43 Å². The van der Waals surface area contributed by atoms with Gasteiger partial charge in [0.15, 0.2) is 6.23 Å². The average molecular weight is 296 g/mol. The first kappa shape index (κ1) is 16.4. The highest BCUT2D eigenvalue weighted by molar-refractivity contribution is 4.88. The topological polar surface area (TPSA) is 136 Å². The van der Waals surface area contributed by atoms with Crippen LogP contribution in [-0.4, -0.2) is 55.2 Å². The summed E-state index contributed by atoms with van der Waals surface area (Å²) in [5.41, 5.74) is -1.84. The van der Waals surface area contributed by atoms with Crippen LogP contribution < -0.4 is 11.2 Å². The Morgan fingerprint density at radius 3 is 2.25 bits per heavy atom. The second kappa shape index (κ2) is 6.70. The molecule has 10 heteroatoms. The van der Waals surface area contributed by atoms with Gasteiger partial charge in [-0.25, -0.2) is 13.6 Å². The van der Waals surface area contributed by atoms with Crippen molar-refractivity contribution in [3.05, 3.63) is 33.1 Å². The van der Waals surface area contributed by atoms with Gasteiger partial charge < -0.3 is 20.4 Å². The van der Waals surface area contributed by atoms with E-state index in [1.54, 1.807) is 4.98 Å². The van der Waals surface area contributed by atoms with Crippen LogP contribution in [0.5, 0.6) is 0 Å². The number of aliphatic hydroxyl groups excluding tert-OH is 4. The van der Waals surface area contributed by atoms with Crippen molar-refractivity contribution < 1.29 is 29.2 Å². The Labute approximate surface area is 110 Å². The SMILES string of the molecule is O=c1ccn(C(O)C(O)C(O)C(CO)C(F)F)c(=O)[nH]1. The molecule has 0 saturated carbocycles. The fourth-order valence-corrected chi connectivity index (χ4v) is 1.57. The van der Waals surface area contributed by atoms with Crippen LogP contribution in [0.3, 0.4) is 0 Å². The molecule has 1 aromatic rings. The van der Waals surface area contributed by atoms with Gasteiger partial charge in [0.25, 0.3) is 5.56 Å². The van der Waals surface area contributed by atoms with Gasteiger partial charge in [0.05, 0.1) is 18.6 Å². The van der Waals surface area contributed by atoms with Gasteiger partial charge in [-0.05, 0) is 0 Å². The van der Waals surface area contributed by atoms with Gasteiger partial charge in [-0.2, -0.15) is 0 Å². The molecule has 114 valence electrons. The normalized spacial score (nSPS) is 17.8. The third-order valence-corrected chi connectivity index (χ3v) is 2.76. The summed E-state index contributed by atoms with van der Waals surface area (Å²) in [7, 11) is 0. The van der Waals surface area contributed by atoms with Crippen LogP contribution in [-0.2, 0) is 0 Å². The number of H-pyrrole nitrogens is 1. The van der Waals surface area contributed by atoms with Gasteiger partial charge in [-0.15, -0.1) is 0 Å². The molecule has 0 aliphatic carbocycles. The Hall–Kier alpha value is -1.62. The molecule has 0 bridgehead atoms. The number of nitrogens with one attached hydrogen (secondary N) is 1. The van der Waals surface area contributed by atoms with E-state index in [1.165, 1.54) is 0 Å². The lowest BCUT2D eigenvalue weighted by atomic mass is 9.98. The number of alkyl halides is 2. The quantitative estimate of drug-likeness (QED) is 0.398. The number of aromatic amines is 1. The molecule has 0 fully saturated rings. The maximum absolute atomic E-state index is 12.5. The standard InChI is InChI=1S/C10H14F2N2O6/c11-8(12)4(3-15)6(17)7(18)9(19)14-2-1-5(16)13-10(14)20/h1-2,4,6-9,15,17-19H,3H2,(H,13,16,20). The molecule has 0 aliphatic heterocycles. The monoisotopic (exact) mass is 296 g/mol. The van der Waals surface area contributed by atoms with Crippen molar-refractivity contribution in [1.29, 1.82) is 0 Å². The van der Waals surface area contributed by atoms with E-state index in [0.717, 1.165) is 12.3 Å². The summed E-state index contributed by atoms with van der Waals surface area (Å²) in [6.07, 6.45) is -8.71. The minimum Gasteiger partial charge on any atom is -0.396 e. The Morgan fingerprint density at radius 1 is 1.20 bits per heavy atom. The van der Waals surface area contributed by atoms with Crippen molar-refractivity contribution in [1.82, 2.24) is 9.55 Å². The molecule has 1 rings (SSSR count). The van der Waals surface area contributed by atoms with Crippen molar-refractivity contribution in [2.75, 3.05) is 6.61 Å². The van der Waals surface area contributed by atoms with E-state index in [-0.39, 0.29) is 0 Å². The van der Waals surface area contributed by atoms with Crippen LogP contribution in [0.15, 0.2) is 21.9 Å². The predicted octanol–water partition coefficient (Wildman–Crippen LogP) is -2.38. The minimum atomic E-state index is -3.14. The summed E-state index contributed by atoms with van der Waals surface area (Å²) in [5.74, 6) is -1.99. The molecule has 4 unspecified atom stereocenters. The molecule has 0 aliphatic rings. The zero-order valence-corrected chi connectivity index (χ0v) is 10.1. The molecule has 1 aromatic heterocycles. The summed E-state index contributed by atoms with van der Waals surface area (Å²) in [6, 6.07) is 0.861. The largest absolute Gasteiger partial charge is 0.396 e. The van der Waals surface area contributed by atoms with E-state index < -0.39 is 48.6 Å². The molecule has 0 amide bonds. The first-order valence-corrected chi connectivity index (χ1v) is 5.54. The van der Waals surface area contributed by atoms with Crippen LogP contribution in [0.2, 0.25) is 0 Å². The highest BCUT2D eigenvalue weighted by atomic mass is 19.3. The van der Waals surface area contributed by atoms with Crippen molar-refractivity contribution >= 4 is 0 Å². The fraction of sp³-hybridized carbons (Fsp3) is 0.600. The van der Waals surface area contributed by atoms with Gasteiger partial charge in [0, 0.05) is 12.3 Å². The number of nitrogens with zero attached hydrogens (tertiary/aromatic N) is 1. The van der Waals surface area contributed by atoms with Crippen LogP contribution in [0.1, 0.15) is 6.23 Å². The van der Waals surface area contributed by atoms with Crippen LogP contribution >= 0.6 is 0 Å². The molecular formula is C10H14F2N2O6. The molecule has 20 heavy (non-hydrogen) atoms. The maximum Gasteiger partial charge on any atom is 0.330 e. The summed E-state index contributed by atoms with van der Waals surface area (Å²) in [4.78, 5) is 23.9.